The van der Waals surface area contributed by atoms with E-state index in [4.69, 9.17) is 0 Å². The molecule has 4 rings (SSSR count). The highest BCUT2D eigenvalue weighted by molar-refractivity contribution is 7.21. The number of nitro groups is 1. The fourth-order valence-electron chi connectivity index (χ4n) is 2.55. The molecule has 0 N–H and O–H groups in total. The Hall–Kier alpha value is -3.38. The predicted molar refractivity (Wildman–Crippen MR) is 105 cm³/mol. The lowest BCUT2D eigenvalue weighted by atomic mass is 10.2. The summed E-state index contributed by atoms with van der Waals surface area (Å²) in [6, 6.07) is 22.2. The Morgan fingerprint density at radius 2 is 1.81 bits per heavy atom. The summed E-state index contributed by atoms with van der Waals surface area (Å²) in [4.78, 5) is 19.4. The first kappa shape index (κ1) is 16.1. The number of hydrogen-bond donors (Lipinski definition) is 0. The van der Waals surface area contributed by atoms with E-state index in [0.29, 0.717) is 5.56 Å². The lowest BCUT2D eigenvalue weighted by Crippen LogP contribution is -1.89. The van der Waals surface area contributed by atoms with Crippen LogP contribution in [0.4, 0.5) is 11.4 Å². The molecule has 0 aliphatic rings. The number of rotatable bonds is 4. The van der Waals surface area contributed by atoms with E-state index in [1.165, 1.54) is 12.1 Å². The first-order chi connectivity index (χ1) is 12.7. The number of para-hydroxylation sites is 1. The summed E-state index contributed by atoms with van der Waals surface area (Å²) in [7, 11) is 0. The SMILES string of the molecule is O=[N+]([O-])c1cccc(C=Nc2ccc(-c3nc4ccccc4s3)cc2)c1. The standard InChI is InChI=1S/C20H13N3O2S/c24-23(25)17-5-3-4-14(12-17)13-21-16-10-8-15(9-11-16)20-22-18-6-1-2-7-19(18)26-20/h1-13H. The molecule has 5 nitrogen and oxygen atoms in total. The topological polar surface area (TPSA) is 68.4 Å². The average Bonchev–Trinajstić information content (AvgIpc) is 3.11. The Kier molecular flexibility index (Phi) is 4.25. The first-order valence-electron chi connectivity index (χ1n) is 7.93. The van der Waals surface area contributed by atoms with E-state index >= 15 is 0 Å². The van der Waals surface area contributed by atoms with Crippen molar-refractivity contribution < 1.29 is 4.92 Å². The Morgan fingerprint density at radius 1 is 1.00 bits per heavy atom. The van der Waals surface area contributed by atoms with Crippen molar-refractivity contribution >= 4 is 39.1 Å². The molecular formula is C20H13N3O2S. The normalized spacial score (nSPS) is 11.2. The minimum atomic E-state index is -0.413. The smallest absolute Gasteiger partial charge is 0.258 e. The highest BCUT2D eigenvalue weighted by Crippen LogP contribution is 2.30. The molecule has 0 fully saturated rings. The fraction of sp³-hybridized carbons (Fsp3) is 0. The molecule has 3 aromatic carbocycles. The molecule has 0 atom stereocenters. The number of fused-ring (bicyclic) bond motifs is 1. The van der Waals surface area contributed by atoms with Gasteiger partial charge < -0.3 is 0 Å². The lowest BCUT2D eigenvalue weighted by Gasteiger charge is -1.98. The summed E-state index contributed by atoms with van der Waals surface area (Å²) >= 11 is 1.66. The van der Waals surface area contributed by atoms with Gasteiger partial charge in [-0.25, -0.2) is 4.98 Å². The highest BCUT2D eigenvalue weighted by atomic mass is 32.1. The number of hydrogen-bond acceptors (Lipinski definition) is 5. The van der Waals surface area contributed by atoms with Crippen LogP contribution < -0.4 is 0 Å². The number of aromatic nitrogens is 1. The van der Waals surface area contributed by atoms with Crippen LogP contribution in [0.1, 0.15) is 5.56 Å². The molecule has 0 saturated carbocycles. The van der Waals surface area contributed by atoms with Gasteiger partial charge >= 0.3 is 0 Å². The van der Waals surface area contributed by atoms with Crippen LogP contribution in [-0.2, 0) is 0 Å². The average molecular weight is 359 g/mol. The monoisotopic (exact) mass is 359 g/mol. The quantitative estimate of drug-likeness (QED) is 0.270. The zero-order chi connectivity index (χ0) is 17.9. The van der Waals surface area contributed by atoms with Crippen LogP contribution >= 0.6 is 11.3 Å². The van der Waals surface area contributed by atoms with Crippen molar-refractivity contribution in [3.63, 3.8) is 0 Å². The van der Waals surface area contributed by atoms with Gasteiger partial charge in [0.1, 0.15) is 5.01 Å². The van der Waals surface area contributed by atoms with E-state index in [9.17, 15) is 10.1 Å². The van der Waals surface area contributed by atoms with Crippen LogP contribution in [0.3, 0.4) is 0 Å². The van der Waals surface area contributed by atoms with Gasteiger partial charge in [0.25, 0.3) is 5.69 Å². The number of nitro benzene ring substituents is 1. The van der Waals surface area contributed by atoms with Crippen molar-refractivity contribution in [3.05, 3.63) is 88.5 Å². The molecule has 126 valence electrons. The second-order valence-electron chi connectivity index (χ2n) is 5.64. The van der Waals surface area contributed by atoms with Crippen molar-refractivity contribution in [2.45, 2.75) is 0 Å². The zero-order valence-electron chi connectivity index (χ0n) is 13.6. The van der Waals surface area contributed by atoms with Gasteiger partial charge in [-0.1, -0.05) is 24.3 Å². The second-order valence-corrected chi connectivity index (χ2v) is 6.67. The van der Waals surface area contributed by atoms with Crippen molar-refractivity contribution in [2.24, 2.45) is 4.99 Å². The number of non-ortho nitro benzene ring substituents is 1. The molecule has 1 aromatic heterocycles. The predicted octanol–water partition coefficient (Wildman–Crippen LogP) is 5.62. The van der Waals surface area contributed by atoms with Crippen LogP contribution in [0.2, 0.25) is 0 Å². The number of nitrogens with zero attached hydrogens (tertiary/aromatic N) is 3. The highest BCUT2D eigenvalue weighted by Gasteiger charge is 2.06. The molecular weight excluding hydrogens is 346 g/mol. The van der Waals surface area contributed by atoms with E-state index in [-0.39, 0.29) is 5.69 Å². The molecule has 0 spiro atoms. The van der Waals surface area contributed by atoms with Crippen LogP contribution in [0.25, 0.3) is 20.8 Å². The van der Waals surface area contributed by atoms with Crippen molar-refractivity contribution in [1.29, 1.82) is 0 Å². The van der Waals surface area contributed by atoms with Crippen LogP contribution in [0.15, 0.2) is 77.8 Å². The minimum absolute atomic E-state index is 0.0557. The van der Waals surface area contributed by atoms with E-state index in [0.717, 1.165) is 26.5 Å². The fourth-order valence-corrected chi connectivity index (χ4v) is 3.52. The molecule has 6 heteroatoms. The summed E-state index contributed by atoms with van der Waals surface area (Å²) in [6.45, 7) is 0. The largest absolute Gasteiger partial charge is 0.270 e. The molecule has 4 aromatic rings. The Balaban J connectivity index is 1.56. The molecule has 0 aliphatic heterocycles. The molecule has 26 heavy (non-hydrogen) atoms. The molecule has 0 radical (unpaired) electrons. The van der Waals surface area contributed by atoms with Crippen molar-refractivity contribution in [1.82, 2.24) is 4.98 Å². The molecule has 0 bridgehead atoms. The van der Waals surface area contributed by atoms with Gasteiger partial charge in [-0.2, -0.15) is 0 Å². The van der Waals surface area contributed by atoms with Gasteiger partial charge in [0.15, 0.2) is 0 Å². The van der Waals surface area contributed by atoms with E-state index in [1.54, 1.807) is 29.7 Å². The van der Waals surface area contributed by atoms with Crippen molar-refractivity contribution in [3.8, 4) is 10.6 Å². The third-order valence-electron chi connectivity index (χ3n) is 3.85. The van der Waals surface area contributed by atoms with Crippen LogP contribution in [-0.4, -0.2) is 16.1 Å². The lowest BCUT2D eigenvalue weighted by molar-refractivity contribution is -0.384. The summed E-state index contributed by atoms with van der Waals surface area (Å²) in [6.07, 6.45) is 1.62. The molecule has 0 amide bonds. The Bertz CT molecular complexity index is 1080. The minimum Gasteiger partial charge on any atom is -0.258 e. The Morgan fingerprint density at radius 3 is 2.58 bits per heavy atom. The molecule has 0 saturated heterocycles. The second kappa shape index (κ2) is 6.85. The van der Waals surface area contributed by atoms with Gasteiger partial charge in [0.2, 0.25) is 0 Å². The van der Waals surface area contributed by atoms with Gasteiger partial charge in [0, 0.05) is 23.9 Å². The van der Waals surface area contributed by atoms with Gasteiger partial charge in [0.05, 0.1) is 20.8 Å². The van der Waals surface area contributed by atoms with Crippen LogP contribution in [0, 0.1) is 10.1 Å². The Labute approximate surface area is 153 Å². The summed E-state index contributed by atoms with van der Waals surface area (Å²) in [5, 5.41) is 11.8. The first-order valence-corrected chi connectivity index (χ1v) is 8.75. The number of aliphatic imine (C=N–C) groups is 1. The molecule has 0 unspecified atom stereocenters. The summed E-state index contributed by atoms with van der Waals surface area (Å²) < 4.78 is 1.16. The molecule has 1 heterocycles. The molecule has 0 aliphatic carbocycles. The number of thiazole rings is 1. The maximum Gasteiger partial charge on any atom is 0.270 e. The third kappa shape index (κ3) is 3.36. The van der Waals surface area contributed by atoms with E-state index in [1.807, 2.05) is 42.5 Å². The van der Waals surface area contributed by atoms with E-state index < -0.39 is 4.92 Å². The van der Waals surface area contributed by atoms with Crippen LogP contribution in [0.5, 0.6) is 0 Å². The van der Waals surface area contributed by atoms with E-state index in [2.05, 4.69) is 16.0 Å². The maximum atomic E-state index is 10.8. The number of benzene rings is 3. The maximum absolute atomic E-state index is 10.8. The third-order valence-corrected chi connectivity index (χ3v) is 4.94. The summed E-state index contributed by atoms with van der Waals surface area (Å²) in [5.41, 5.74) is 3.57. The van der Waals surface area contributed by atoms with Crippen molar-refractivity contribution in [2.75, 3.05) is 0 Å². The summed E-state index contributed by atoms with van der Waals surface area (Å²) in [5.74, 6) is 0. The zero-order valence-corrected chi connectivity index (χ0v) is 14.4. The van der Waals surface area contributed by atoms with Gasteiger partial charge in [-0.05, 0) is 42.0 Å². The van der Waals surface area contributed by atoms with Gasteiger partial charge in [-0.15, -0.1) is 11.3 Å². The van der Waals surface area contributed by atoms with Gasteiger partial charge in [-0.3, -0.25) is 15.1 Å².